The molecule has 0 fully saturated rings. The van der Waals surface area contributed by atoms with Crippen molar-refractivity contribution in [2.24, 2.45) is 5.10 Å². The van der Waals surface area contributed by atoms with E-state index in [-0.39, 0.29) is 11.7 Å². The van der Waals surface area contributed by atoms with Crippen molar-refractivity contribution in [1.82, 2.24) is 5.01 Å². The van der Waals surface area contributed by atoms with Crippen molar-refractivity contribution in [3.8, 4) is 0 Å². The fourth-order valence-electron chi connectivity index (χ4n) is 3.23. The molecule has 0 N–H and O–H groups in total. The Bertz CT molecular complexity index is 1030. The van der Waals surface area contributed by atoms with Gasteiger partial charge in [0.15, 0.2) is 5.78 Å². The number of hydrogen-bond donors (Lipinski definition) is 0. The van der Waals surface area contributed by atoms with E-state index in [0.717, 1.165) is 5.56 Å². The van der Waals surface area contributed by atoms with Crippen molar-refractivity contribution in [3.63, 3.8) is 0 Å². The summed E-state index contributed by atoms with van der Waals surface area (Å²) in [7, 11) is 0. The summed E-state index contributed by atoms with van der Waals surface area (Å²) in [5.41, 5.74) is 2.59. The van der Waals surface area contributed by atoms with E-state index < -0.39 is 6.04 Å². The third kappa shape index (κ3) is 3.59. The Labute approximate surface area is 168 Å². The highest BCUT2D eigenvalue weighted by atomic mass is 35.5. The number of rotatable bonds is 4. The lowest BCUT2D eigenvalue weighted by molar-refractivity contribution is 0.0646. The van der Waals surface area contributed by atoms with Gasteiger partial charge in [0, 0.05) is 22.6 Å². The maximum absolute atomic E-state index is 13.1. The number of halogens is 1. The van der Waals surface area contributed by atoms with Crippen LogP contribution < -0.4 is 0 Å². The second-order valence-corrected chi connectivity index (χ2v) is 6.96. The van der Waals surface area contributed by atoms with Crippen molar-refractivity contribution < 1.29 is 9.59 Å². The van der Waals surface area contributed by atoms with Gasteiger partial charge in [-0.1, -0.05) is 72.3 Å². The van der Waals surface area contributed by atoms with E-state index >= 15 is 0 Å². The third-order valence-corrected chi connectivity index (χ3v) is 4.93. The average Bonchev–Trinajstić information content (AvgIpc) is 3.20. The molecule has 4 rings (SSSR count). The molecule has 0 unspecified atom stereocenters. The molecule has 5 heteroatoms. The Hall–Kier alpha value is -3.24. The van der Waals surface area contributed by atoms with Crippen LogP contribution >= 0.6 is 11.6 Å². The van der Waals surface area contributed by atoms with Crippen LogP contribution in [0, 0.1) is 0 Å². The summed E-state index contributed by atoms with van der Waals surface area (Å²) in [5.74, 6) is -0.420. The molecule has 0 aliphatic carbocycles. The predicted octanol–water partition coefficient (Wildman–Crippen LogP) is 4.84. The quantitative estimate of drug-likeness (QED) is 0.600. The summed E-state index contributed by atoms with van der Waals surface area (Å²) in [4.78, 5) is 26.2. The first kappa shape index (κ1) is 18.1. The van der Waals surface area contributed by atoms with Gasteiger partial charge in [0.1, 0.15) is 6.04 Å². The van der Waals surface area contributed by atoms with Gasteiger partial charge in [0.2, 0.25) is 0 Å². The van der Waals surface area contributed by atoms with Crippen LogP contribution in [0.2, 0.25) is 5.02 Å². The van der Waals surface area contributed by atoms with E-state index in [9.17, 15) is 9.59 Å². The van der Waals surface area contributed by atoms with Gasteiger partial charge < -0.3 is 0 Å². The minimum absolute atomic E-state index is 0.127. The monoisotopic (exact) mass is 388 g/mol. The van der Waals surface area contributed by atoms with Gasteiger partial charge in [0.25, 0.3) is 5.91 Å². The van der Waals surface area contributed by atoms with Crippen LogP contribution in [-0.2, 0) is 0 Å². The summed E-state index contributed by atoms with van der Waals surface area (Å²) in [6, 6.07) is 24.4. The molecule has 4 nitrogen and oxygen atoms in total. The molecule has 1 amide bonds. The second kappa shape index (κ2) is 7.79. The molecular weight excluding hydrogens is 372 g/mol. The summed E-state index contributed by atoms with van der Waals surface area (Å²) in [6.45, 7) is 0. The van der Waals surface area contributed by atoms with Gasteiger partial charge in [-0.3, -0.25) is 9.59 Å². The number of nitrogens with zero attached hydrogens (tertiary/aromatic N) is 2. The Kier molecular flexibility index (Phi) is 5.04. The Morgan fingerprint density at radius 2 is 1.39 bits per heavy atom. The first-order valence-electron chi connectivity index (χ1n) is 8.95. The van der Waals surface area contributed by atoms with E-state index in [4.69, 9.17) is 11.6 Å². The molecule has 0 aromatic heterocycles. The molecule has 0 spiro atoms. The lowest BCUT2D eigenvalue weighted by atomic mass is 9.97. The van der Waals surface area contributed by atoms with Crippen molar-refractivity contribution in [2.75, 3.05) is 0 Å². The molecule has 1 aliphatic rings. The van der Waals surface area contributed by atoms with Gasteiger partial charge in [0.05, 0.1) is 5.71 Å². The minimum Gasteiger partial charge on any atom is -0.292 e. The smallest absolute Gasteiger partial charge is 0.274 e. The van der Waals surface area contributed by atoms with Gasteiger partial charge >= 0.3 is 0 Å². The third-order valence-electron chi connectivity index (χ3n) is 4.68. The Morgan fingerprint density at radius 1 is 0.821 bits per heavy atom. The van der Waals surface area contributed by atoms with Gasteiger partial charge in [-0.15, -0.1) is 0 Å². The highest BCUT2D eigenvalue weighted by Crippen LogP contribution is 2.26. The largest absolute Gasteiger partial charge is 0.292 e. The molecule has 0 saturated carbocycles. The number of ketones is 1. The molecule has 28 heavy (non-hydrogen) atoms. The lowest BCUT2D eigenvalue weighted by Crippen LogP contribution is -2.38. The van der Waals surface area contributed by atoms with E-state index in [0.29, 0.717) is 28.3 Å². The maximum Gasteiger partial charge on any atom is 0.274 e. The summed E-state index contributed by atoms with van der Waals surface area (Å²) >= 11 is 5.98. The molecule has 0 bridgehead atoms. The molecule has 0 radical (unpaired) electrons. The SMILES string of the molecule is O=C(c1ccccc1)[C@@H]1CC(c2ccc(Cl)cc2)=NN1C(=O)c1ccccc1. The van der Waals surface area contributed by atoms with E-state index in [1.807, 2.05) is 36.4 Å². The zero-order valence-corrected chi connectivity index (χ0v) is 15.7. The zero-order valence-electron chi connectivity index (χ0n) is 15.0. The standard InChI is InChI=1S/C23H17ClN2O2/c24-19-13-11-16(12-14-19)20-15-21(22(27)17-7-3-1-4-8-17)26(25-20)23(28)18-9-5-2-6-10-18/h1-14,21H,15H2/t21-/m0/s1. The number of hydrogen-bond acceptors (Lipinski definition) is 3. The Balaban J connectivity index is 1.71. The first-order chi connectivity index (χ1) is 13.6. The van der Waals surface area contributed by atoms with Crippen LogP contribution in [0.4, 0.5) is 0 Å². The lowest BCUT2D eigenvalue weighted by Gasteiger charge is -2.20. The topological polar surface area (TPSA) is 49.7 Å². The molecule has 3 aromatic rings. The molecule has 3 aromatic carbocycles. The number of hydrazone groups is 1. The van der Waals surface area contributed by atoms with E-state index in [1.54, 1.807) is 48.5 Å². The number of benzene rings is 3. The van der Waals surface area contributed by atoms with Gasteiger partial charge in [-0.25, -0.2) is 5.01 Å². The van der Waals surface area contributed by atoms with E-state index in [1.165, 1.54) is 5.01 Å². The van der Waals surface area contributed by atoms with Crippen molar-refractivity contribution in [3.05, 3.63) is 107 Å². The highest BCUT2D eigenvalue weighted by molar-refractivity contribution is 6.30. The maximum atomic E-state index is 13.1. The number of carbonyl (C=O) groups is 2. The summed E-state index contributed by atoms with van der Waals surface area (Å²) < 4.78 is 0. The number of carbonyl (C=O) groups excluding carboxylic acids is 2. The first-order valence-corrected chi connectivity index (χ1v) is 9.32. The molecule has 1 heterocycles. The normalized spacial score (nSPS) is 16.0. The predicted molar refractivity (Wildman–Crippen MR) is 110 cm³/mol. The molecule has 1 atom stereocenters. The number of Topliss-reactive ketones (excluding diaryl/α,β-unsaturated/α-hetero) is 1. The molecule has 1 aliphatic heterocycles. The Morgan fingerprint density at radius 3 is 2.00 bits per heavy atom. The van der Waals surface area contributed by atoms with Crippen LogP contribution in [0.5, 0.6) is 0 Å². The fourth-order valence-corrected chi connectivity index (χ4v) is 3.35. The van der Waals surface area contributed by atoms with Crippen molar-refractivity contribution in [1.29, 1.82) is 0 Å². The number of amides is 1. The van der Waals surface area contributed by atoms with Gasteiger partial charge in [-0.05, 0) is 29.8 Å². The molecule has 138 valence electrons. The highest BCUT2D eigenvalue weighted by Gasteiger charge is 2.37. The van der Waals surface area contributed by atoms with Crippen LogP contribution in [0.25, 0.3) is 0 Å². The fraction of sp³-hybridized carbons (Fsp3) is 0.0870. The average molecular weight is 389 g/mol. The molecular formula is C23H17ClN2O2. The van der Waals surface area contributed by atoms with Crippen molar-refractivity contribution >= 4 is 29.0 Å². The van der Waals surface area contributed by atoms with E-state index in [2.05, 4.69) is 5.10 Å². The van der Waals surface area contributed by atoms with Crippen molar-refractivity contribution in [2.45, 2.75) is 12.5 Å². The van der Waals surface area contributed by atoms with Crippen LogP contribution in [0.3, 0.4) is 0 Å². The summed E-state index contributed by atoms with van der Waals surface area (Å²) in [5, 5.41) is 6.46. The van der Waals surface area contributed by atoms with Crippen LogP contribution in [0.1, 0.15) is 32.7 Å². The van der Waals surface area contributed by atoms with Crippen LogP contribution in [0.15, 0.2) is 90.0 Å². The second-order valence-electron chi connectivity index (χ2n) is 6.52. The zero-order chi connectivity index (χ0) is 19.5. The van der Waals surface area contributed by atoms with Crippen LogP contribution in [-0.4, -0.2) is 28.5 Å². The minimum atomic E-state index is -0.680. The summed E-state index contributed by atoms with van der Waals surface area (Å²) in [6.07, 6.45) is 0.355. The van der Waals surface area contributed by atoms with Gasteiger partial charge in [-0.2, -0.15) is 5.10 Å². The molecule has 0 saturated heterocycles.